The van der Waals surface area contributed by atoms with Crippen molar-refractivity contribution in [1.82, 2.24) is 4.98 Å². The number of aromatic nitrogens is 1. The van der Waals surface area contributed by atoms with Crippen LogP contribution in [0.3, 0.4) is 0 Å². The second-order valence-electron chi connectivity index (χ2n) is 5.18. The molecule has 3 aromatic rings. The molecule has 5 nitrogen and oxygen atoms in total. The fourth-order valence-corrected chi connectivity index (χ4v) is 2.42. The Morgan fingerprint density at radius 2 is 1.88 bits per heavy atom. The fraction of sp³-hybridized carbons (Fsp3) is 0. The number of anilines is 3. The van der Waals surface area contributed by atoms with E-state index in [9.17, 15) is 4.79 Å². The molecule has 1 amide bonds. The minimum Gasteiger partial charge on any atom is -0.340 e. The Balaban J connectivity index is 1.69. The van der Waals surface area contributed by atoms with E-state index in [-0.39, 0.29) is 5.91 Å². The summed E-state index contributed by atoms with van der Waals surface area (Å²) in [6, 6.07) is 19.5. The van der Waals surface area contributed by atoms with Gasteiger partial charge in [-0.15, -0.1) is 0 Å². The third-order valence-corrected chi connectivity index (χ3v) is 3.73. The van der Waals surface area contributed by atoms with Crippen LogP contribution in [0.2, 0.25) is 5.02 Å². The average molecular weight is 349 g/mol. The highest BCUT2D eigenvalue weighted by atomic mass is 35.5. The van der Waals surface area contributed by atoms with Gasteiger partial charge in [0.2, 0.25) is 0 Å². The summed E-state index contributed by atoms with van der Waals surface area (Å²) in [7, 11) is 0. The van der Waals surface area contributed by atoms with Gasteiger partial charge >= 0.3 is 0 Å². The lowest BCUT2D eigenvalue weighted by Gasteiger charge is -2.09. The van der Waals surface area contributed by atoms with Gasteiger partial charge in [0, 0.05) is 5.69 Å². The van der Waals surface area contributed by atoms with Gasteiger partial charge in [0.05, 0.1) is 34.1 Å². The summed E-state index contributed by atoms with van der Waals surface area (Å²) in [5.41, 5.74) is 2.29. The van der Waals surface area contributed by atoms with Gasteiger partial charge in [-0.1, -0.05) is 29.8 Å². The van der Waals surface area contributed by atoms with E-state index in [0.717, 1.165) is 5.69 Å². The minimum atomic E-state index is -0.296. The highest BCUT2D eigenvalue weighted by molar-refractivity contribution is 6.34. The molecule has 2 aromatic carbocycles. The molecule has 0 radical (unpaired) electrons. The van der Waals surface area contributed by atoms with Crippen molar-refractivity contribution in [3.8, 4) is 6.07 Å². The van der Waals surface area contributed by atoms with Gasteiger partial charge in [-0.25, -0.2) is 4.98 Å². The summed E-state index contributed by atoms with van der Waals surface area (Å²) in [4.78, 5) is 16.5. The summed E-state index contributed by atoms with van der Waals surface area (Å²) < 4.78 is 0. The molecule has 3 rings (SSSR count). The van der Waals surface area contributed by atoms with E-state index in [1.165, 1.54) is 0 Å². The van der Waals surface area contributed by atoms with E-state index in [0.29, 0.717) is 27.7 Å². The van der Waals surface area contributed by atoms with Crippen LogP contribution in [0.1, 0.15) is 15.9 Å². The quantitative estimate of drug-likeness (QED) is 0.722. The Morgan fingerprint density at radius 3 is 2.60 bits per heavy atom. The standard InChI is InChI=1S/C19H13ClN4O/c20-17-7-2-1-6-16(17)19(25)24-15-8-9-18(22-12-15)23-14-5-3-4-13(10-14)11-21/h1-10,12H,(H,22,23)(H,24,25). The van der Waals surface area contributed by atoms with E-state index >= 15 is 0 Å². The number of hydrogen-bond acceptors (Lipinski definition) is 4. The molecule has 1 heterocycles. The predicted molar refractivity (Wildman–Crippen MR) is 98.1 cm³/mol. The van der Waals surface area contributed by atoms with Crippen LogP contribution in [0, 0.1) is 11.3 Å². The average Bonchev–Trinajstić information content (AvgIpc) is 2.64. The third-order valence-electron chi connectivity index (χ3n) is 3.40. The molecule has 0 aliphatic heterocycles. The molecule has 0 aliphatic rings. The number of benzene rings is 2. The van der Waals surface area contributed by atoms with Gasteiger partial charge in [0.15, 0.2) is 0 Å². The van der Waals surface area contributed by atoms with Crippen molar-refractivity contribution < 1.29 is 4.79 Å². The van der Waals surface area contributed by atoms with Crippen molar-refractivity contribution in [2.75, 3.05) is 10.6 Å². The molecule has 0 unspecified atom stereocenters. The lowest BCUT2D eigenvalue weighted by Crippen LogP contribution is -2.12. The minimum absolute atomic E-state index is 0.296. The topological polar surface area (TPSA) is 77.8 Å². The molecule has 25 heavy (non-hydrogen) atoms. The molecule has 122 valence electrons. The fourth-order valence-electron chi connectivity index (χ4n) is 2.20. The van der Waals surface area contributed by atoms with Crippen LogP contribution in [0.4, 0.5) is 17.2 Å². The van der Waals surface area contributed by atoms with Gasteiger partial charge in [-0.3, -0.25) is 4.79 Å². The Labute approximate surface area is 149 Å². The zero-order valence-electron chi connectivity index (χ0n) is 13.0. The molecule has 2 N–H and O–H groups in total. The molecule has 1 aromatic heterocycles. The number of carbonyl (C=O) groups is 1. The van der Waals surface area contributed by atoms with E-state index in [1.54, 1.807) is 60.8 Å². The number of nitrogens with zero attached hydrogens (tertiary/aromatic N) is 2. The highest BCUT2D eigenvalue weighted by Crippen LogP contribution is 2.19. The van der Waals surface area contributed by atoms with E-state index in [4.69, 9.17) is 16.9 Å². The highest BCUT2D eigenvalue weighted by Gasteiger charge is 2.09. The van der Waals surface area contributed by atoms with Crippen molar-refractivity contribution in [3.63, 3.8) is 0 Å². The zero-order chi connectivity index (χ0) is 17.6. The molecule has 0 bridgehead atoms. The lowest BCUT2D eigenvalue weighted by molar-refractivity contribution is 0.102. The lowest BCUT2D eigenvalue weighted by atomic mass is 10.2. The number of halogens is 1. The zero-order valence-corrected chi connectivity index (χ0v) is 13.8. The molecular weight excluding hydrogens is 336 g/mol. The molecule has 0 atom stereocenters. The Kier molecular flexibility index (Phi) is 4.93. The van der Waals surface area contributed by atoms with Gasteiger partial charge in [0.25, 0.3) is 5.91 Å². The monoisotopic (exact) mass is 348 g/mol. The Hall–Kier alpha value is -3.36. The molecule has 0 aliphatic carbocycles. The van der Waals surface area contributed by atoms with Gasteiger partial charge in [-0.05, 0) is 42.5 Å². The number of pyridine rings is 1. The maximum Gasteiger partial charge on any atom is 0.257 e. The summed E-state index contributed by atoms with van der Waals surface area (Å²) in [6.45, 7) is 0. The van der Waals surface area contributed by atoms with E-state index in [1.807, 2.05) is 6.07 Å². The molecule has 0 fully saturated rings. The van der Waals surface area contributed by atoms with Crippen molar-refractivity contribution in [1.29, 1.82) is 5.26 Å². The molecule has 0 saturated carbocycles. The van der Waals surface area contributed by atoms with Crippen LogP contribution in [-0.2, 0) is 0 Å². The molecule has 0 spiro atoms. The Morgan fingerprint density at radius 1 is 1.04 bits per heavy atom. The maximum absolute atomic E-state index is 12.2. The summed E-state index contributed by atoms with van der Waals surface area (Å²) in [5.74, 6) is 0.306. The van der Waals surface area contributed by atoms with Crippen LogP contribution < -0.4 is 10.6 Å². The van der Waals surface area contributed by atoms with Crippen molar-refractivity contribution in [3.05, 3.63) is 83.0 Å². The van der Waals surface area contributed by atoms with Crippen LogP contribution in [0.5, 0.6) is 0 Å². The number of nitriles is 1. The summed E-state index contributed by atoms with van der Waals surface area (Å²) in [6.07, 6.45) is 1.55. The first-order valence-electron chi connectivity index (χ1n) is 7.45. The number of amides is 1. The Bertz CT molecular complexity index is 948. The molecule has 0 saturated heterocycles. The smallest absolute Gasteiger partial charge is 0.257 e. The van der Waals surface area contributed by atoms with Gasteiger partial charge in [-0.2, -0.15) is 5.26 Å². The number of nitrogens with one attached hydrogen (secondary N) is 2. The normalized spacial score (nSPS) is 9.92. The van der Waals surface area contributed by atoms with E-state index in [2.05, 4.69) is 21.7 Å². The van der Waals surface area contributed by atoms with Crippen LogP contribution >= 0.6 is 11.6 Å². The molecule has 6 heteroatoms. The number of hydrogen-bond donors (Lipinski definition) is 2. The third kappa shape index (κ3) is 4.14. The summed E-state index contributed by atoms with van der Waals surface area (Å²) in [5, 5.41) is 15.2. The number of carbonyl (C=O) groups excluding carboxylic acids is 1. The first kappa shape index (κ1) is 16.5. The van der Waals surface area contributed by atoms with Crippen molar-refractivity contribution >= 4 is 34.7 Å². The molecular formula is C19H13ClN4O. The van der Waals surface area contributed by atoms with Crippen LogP contribution in [-0.4, -0.2) is 10.9 Å². The van der Waals surface area contributed by atoms with Crippen molar-refractivity contribution in [2.24, 2.45) is 0 Å². The van der Waals surface area contributed by atoms with Crippen LogP contribution in [0.25, 0.3) is 0 Å². The van der Waals surface area contributed by atoms with Crippen LogP contribution in [0.15, 0.2) is 66.9 Å². The van der Waals surface area contributed by atoms with Gasteiger partial charge in [0.1, 0.15) is 5.82 Å². The predicted octanol–water partition coefficient (Wildman–Crippen LogP) is 4.60. The SMILES string of the molecule is N#Cc1cccc(Nc2ccc(NC(=O)c3ccccc3Cl)cn2)c1. The largest absolute Gasteiger partial charge is 0.340 e. The first-order chi connectivity index (χ1) is 12.2. The number of rotatable bonds is 4. The first-order valence-corrected chi connectivity index (χ1v) is 7.82. The van der Waals surface area contributed by atoms with E-state index < -0.39 is 0 Å². The van der Waals surface area contributed by atoms with Crippen molar-refractivity contribution in [2.45, 2.75) is 0 Å². The summed E-state index contributed by atoms with van der Waals surface area (Å²) >= 11 is 6.02. The van der Waals surface area contributed by atoms with Gasteiger partial charge < -0.3 is 10.6 Å². The maximum atomic E-state index is 12.2. The second-order valence-corrected chi connectivity index (χ2v) is 5.59. The second kappa shape index (κ2) is 7.47.